The smallest absolute Gasteiger partial charge is 0.416 e. The van der Waals surface area contributed by atoms with Gasteiger partial charge >= 0.3 is 18.2 Å². The van der Waals surface area contributed by atoms with Crippen LogP contribution in [0.4, 0.5) is 33.7 Å². The van der Waals surface area contributed by atoms with E-state index in [1.807, 2.05) is 0 Å². The molecule has 12 heteroatoms. The molecule has 0 saturated heterocycles. The summed E-state index contributed by atoms with van der Waals surface area (Å²) in [5.41, 5.74) is -0.702. The van der Waals surface area contributed by atoms with Crippen molar-refractivity contribution >= 4 is 23.4 Å². The summed E-state index contributed by atoms with van der Waals surface area (Å²) in [6.07, 6.45) is -5.88. The third-order valence-electron chi connectivity index (χ3n) is 6.08. The highest BCUT2D eigenvalue weighted by molar-refractivity contribution is 6.01. The molecule has 0 radical (unpaired) electrons. The molecule has 1 atom stereocenters. The normalized spacial score (nSPS) is 11.8. The average Bonchev–Trinajstić information content (AvgIpc) is 2.96. The number of rotatable bonds is 9. The van der Waals surface area contributed by atoms with Gasteiger partial charge in [-0.05, 0) is 54.1 Å². The Hall–Kier alpha value is -5.26. The van der Waals surface area contributed by atoms with Crippen LogP contribution in [0.25, 0.3) is 0 Å². The quantitative estimate of drug-likeness (QED) is 0.177. The van der Waals surface area contributed by atoms with Crippen molar-refractivity contribution < 1.29 is 46.5 Å². The molecule has 4 aromatic carbocycles. The van der Waals surface area contributed by atoms with Crippen molar-refractivity contribution in [2.75, 3.05) is 24.9 Å². The van der Waals surface area contributed by atoms with Gasteiger partial charge in [0.1, 0.15) is 17.1 Å². The van der Waals surface area contributed by atoms with Gasteiger partial charge in [0.05, 0.1) is 19.8 Å². The van der Waals surface area contributed by atoms with Crippen molar-refractivity contribution in [3.8, 4) is 17.2 Å². The van der Waals surface area contributed by atoms with Crippen molar-refractivity contribution in [3.05, 3.63) is 113 Å². The first kappa shape index (κ1) is 29.7. The van der Waals surface area contributed by atoms with Gasteiger partial charge in [0.25, 0.3) is 0 Å². The molecular weight excluding hydrogens is 560 g/mol. The fraction of sp³-hybridized carbons (Fsp3) is 0.133. The maximum atomic E-state index is 14.8. The number of nitrogens with one attached hydrogen (secondary N) is 2. The molecule has 0 bridgehead atoms. The minimum absolute atomic E-state index is 0.0231. The molecule has 4 aromatic rings. The number of amides is 2. The molecule has 1 unspecified atom stereocenters. The van der Waals surface area contributed by atoms with Crippen molar-refractivity contribution in [2.45, 2.75) is 12.3 Å². The van der Waals surface area contributed by atoms with Crippen LogP contribution in [0.2, 0.25) is 0 Å². The molecular formula is C30H24F4N2O6. The van der Waals surface area contributed by atoms with E-state index in [0.29, 0.717) is 17.2 Å². The second kappa shape index (κ2) is 12.5. The Bertz CT molecular complexity index is 1590. The van der Waals surface area contributed by atoms with Crippen LogP contribution < -0.4 is 24.8 Å². The number of carbonyl (C=O) groups excluding carboxylic acids is 1. The topological polar surface area (TPSA) is 106 Å². The van der Waals surface area contributed by atoms with Crippen LogP contribution in [-0.4, -0.2) is 31.3 Å². The van der Waals surface area contributed by atoms with E-state index in [1.165, 1.54) is 50.6 Å². The van der Waals surface area contributed by atoms with Gasteiger partial charge in [0.2, 0.25) is 0 Å². The standard InChI is InChI=1S/C30H24F4N2O6/c1-40-25-14-12-20(16-26(25)41-2)36-29(39)35-19-11-13-24(22(15-19)28(37)38)42-27(21-5-3-4-6-23(21)31)17-7-9-18(10-8-17)30(32,33)34/h3-16,27H,1-2H3,(H,37,38)(H2,35,36,39). The summed E-state index contributed by atoms with van der Waals surface area (Å²) in [5, 5.41) is 15.0. The number of carboxylic acids is 1. The predicted molar refractivity (Wildman–Crippen MR) is 146 cm³/mol. The number of hydrogen-bond acceptors (Lipinski definition) is 5. The highest BCUT2D eigenvalue weighted by atomic mass is 19.4. The van der Waals surface area contributed by atoms with Crippen LogP contribution >= 0.6 is 0 Å². The van der Waals surface area contributed by atoms with Crippen LogP contribution in [0.3, 0.4) is 0 Å². The lowest BCUT2D eigenvalue weighted by Crippen LogP contribution is -2.20. The van der Waals surface area contributed by atoms with Crippen molar-refractivity contribution in [1.29, 1.82) is 0 Å². The highest BCUT2D eigenvalue weighted by Gasteiger charge is 2.31. The van der Waals surface area contributed by atoms with E-state index >= 15 is 0 Å². The number of anilines is 2. The monoisotopic (exact) mass is 584 g/mol. The first-order chi connectivity index (χ1) is 20.0. The van der Waals surface area contributed by atoms with Crippen LogP contribution in [0, 0.1) is 5.82 Å². The minimum atomic E-state index is -4.59. The van der Waals surface area contributed by atoms with E-state index < -0.39 is 35.7 Å². The lowest BCUT2D eigenvalue weighted by molar-refractivity contribution is -0.137. The molecule has 8 nitrogen and oxygen atoms in total. The van der Waals surface area contributed by atoms with E-state index in [1.54, 1.807) is 12.1 Å². The van der Waals surface area contributed by atoms with Gasteiger partial charge in [0.15, 0.2) is 17.6 Å². The van der Waals surface area contributed by atoms with Gasteiger partial charge in [0, 0.05) is 23.0 Å². The van der Waals surface area contributed by atoms with Crippen LogP contribution in [0.5, 0.6) is 17.2 Å². The summed E-state index contributed by atoms with van der Waals surface area (Å²) in [7, 11) is 2.90. The summed E-state index contributed by atoms with van der Waals surface area (Å²) < 4.78 is 70.4. The number of carbonyl (C=O) groups is 2. The number of alkyl halides is 3. The maximum Gasteiger partial charge on any atom is 0.416 e. The van der Waals surface area contributed by atoms with Gasteiger partial charge < -0.3 is 30.0 Å². The largest absolute Gasteiger partial charge is 0.493 e. The number of hydrogen-bond donors (Lipinski definition) is 3. The average molecular weight is 585 g/mol. The second-order valence-corrected chi connectivity index (χ2v) is 8.80. The Morgan fingerprint density at radius 3 is 1.95 bits per heavy atom. The van der Waals surface area contributed by atoms with Crippen molar-refractivity contribution in [1.82, 2.24) is 0 Å². The molecule has 0 aliphatic heterocycles. The zero-order valence-electron chi connectivity index (χ0n) is 22.2. The van der Waals surface area contributed by atoms with Crippen LogP contribution in [0.1, 0.15) is 33.2 Å². The molecule has 218 valence electrons. The predicted octanol–water partition coefficient (Wildman–Crippen LogP) is 7.37. The Morgan fingerprint density at radius 1 is 0.786 bits per heavy atom. The molecule has 0 heterocycles. The number of carboxylic acid groups (broad SMARTS) is 1. The fourth-order valence-corrected chi connectivity index (χ4v) is 4.06. The first-order valence-electron chi connectivity index (χ1n) is 12.3. The van der Waals surface area contributed by atoms with Gasteiger partial charge in [-0.3, -0.25) is 0 Å². The van der Waals surface area contributed by atoms with Gasteiger partial charge in [-0.25, -0.2) is 14.0 Å². The Balaban J connectivity index is 1.61. The van der Waals surface area contributed by atoms with E-state index in [-0.39, 0.29) is 28.1 Å². The lowest BCUT2D eigenvalue weighted by atomic mass is 9.99. The Labute approximate surface area is 237 Å². The highest BCUT2D eigenvalue weighted by Crippen LogP contribution is 2.36. The van der Waals surface area contributed by atoms with E-state index in [2.05, 4.69) is 10.6 Å². The first-order valence-corrected chi connectivity index (χ1v) is 12.3. The van der Waals surface area contributed by atoms with Crippen molar-refractivity contribution in [3.63, 3.8) is 0 Å². The zero-order valence-corrected chi connectivity index (χ0v) is 22.2. The summed E-state index contributed by atoms with van der Waals surface area (Å²) in [6.45, 7) is 0. The molecule has 0 aliphatic rings. The van der Waals surface area contributed by atoms with E-state index in [9.17, 15) is 32.3 Å². The molecule has 0 fully saturated rings. The molecule has 3 N–H and O–H groups in total. The fourth-order valence-electron chi connectivity index (χ4n) is 4.06. The van der Waals surface area contributed by atoms with Crippen LogP contribution in [-0.2, 0) is 6.18 Å². The molecule has 2 amide bonds. The number of urea groups is 1. The second-order valence-electron chi connectivity index (χ2n) is 8.80. The molecule has 0 saturated carbocycles. The summed E-state index contributed by atoms with van der Waals surface area (Å²) in [5.74, 6) is -1.50. The molecule has 0 aliphatic carbocycles. The number of benzene rings is 4. The summed E-state index contributed by atoms with van der Waals surface area (Å²) >= 11 is 0. The summed E-state index contributed by atoms with van der Waals surface area (Å²) in [4.78, 5) is 24.7. The maximum absolute atomic E-state index is 14.8. The van der Waals surface area contributed by atoms with E-state index in [0.717, 1.165) is 36.4 Å². The minimum Gasteiger partial charge on any atom is -0.493 e. The molecule has 4 rings (SSSR count). The molecule has 0 aromatic heterocycles. The number of ether oxygens (including phenoxy) is 3. The van der Waals surface area contributed by atoms with Gasteiger partial charge in [-0.15, -0.1) is 0 Å². The molecule has 42 heavy (non-hydrogen) atoms. The van der Waals surface area contributed by atoms with Crippen molar-refractivity contribution in [2.24, 2.45) is 0 Å². The zero-order chi connectivity index (χ0) is 30.4. The number of aromatic carboxylic acids is 1. The Kier molecular flexibility index (Phi) is 8.84. The third kappa shape index (κ3) is 6.89. The third-order valence-corrected chi connectivity index (χ3v) is 6.08. The number of methoxy groups -OCH3 is 2. The SMILES string of the molecule is COc1ccc(NC(=O)Nc2ccc(OC(c3ccc(C(F)(F)F)cc3)c3ccccc3F)c(C(=O)O)c2)cc1OC. The van der Waals surface area contributed by atoms with Gasteiger partial charge in [-0.1, -0.05) is 30.3 Å². The van der Waals surface area contributed by atoms with Gasteiger partial charge in [-0.2, -0.15) is 13.2 Å². The Morgan fingerprint density at radius 2 is 1.38 bits per heavy atom. The van der Waals surface area contributed by atoms with E-state index in [4.69, 9.17) is 14.2 Å². The molecule has 0 spiro atoms. The summed E-state index contributed by atoms with van der Waals surface area (Å²) in [6, 6.07) is 17.2. The number of halogens is 4. The lowest BCUT2D eigenvalue weighted by Gasteiger charge is -2.22. The van der Waals surface area contributed by atoms with Crippen LogP contribution in [0.15, 0.2) is 84.9 Å².